The van der Waals surface area contributed by atoms with Crippen LogP contribution in [0, 0.1) is 6.92 Å². The van der Waals surface area contributed by atoms with Gasteiger partial charge in [0.2, 0.25) is 5.75 Å². The number of furan rings is 1. The smallest absolute Gasteiger partial charge is 0.296 e. The number of hydrogen-bond donors (Lipinski definition) is 2. The molecule has 0 saturated heterocycles. The fourth-order valence-electron chi connectivity index (χ4n) is 2.66. The number of hydrogen-bond acceptors (Lipinski definition) is 6. The molecule has 0 spiro atoms. The maximum Gasteiger partial charge on any atom is 0.296 e. The second-order valence-corrected chi connectivity index (χ2v) is 6.14. The summed E-state index contributed by atoms with van der Waals surface area (Å²) in [5, 5.41) is 12.7. The summed E-state index contributed by atoms with van der Waals surface area (Å²) in [4.78, 5) is 28.8. The van der Waals surface area contributed by atoms with Crippen LogP contribution in [0.2, 0.25) is 0 Å². The van der Waals surface area contributed by atoms with Crippen LogP contribution in [-0.2, 0) is 23.4 Å². The van der Waals surface area contributed by atoms with E-state index in [2.05, 4.69) is 10.3 Å². The van der Waals surface area contributed by atoms with E-state index in [0.717, 1.165) is 5.76 Å². The van der Waals surface area contributed by atoms with E-state index >= 15 is 0 Å². The summed E-state index contributed by atoms with van der Waals surface area (Å²) in [6, 6.07) is 3.52. The Morgan fingerprint density at radius 2 is 2.21 bits per heavy atom. The lowest BCUT2D eigenvalue weighted by Crippen LogP contribution is -2.42. The van der Waals surface area contributed by atoms with Crippen LogP contribution in [0.3, 0.4) is 0 Å². The zero-order chi connectivity index (χ0) is 17.5. The molecular formula is C16H19N3O5. The fourth-order valence-corrected chi connectivity index (χ4v) is 2.66. The maximum absolute atomic E-state index is 12.3. The van der Waals surface area contributed by atoms with Crippen LogP contribution < -0.4 is 10.9 Å². The Morgan fingerprint density at radius 1 is 1.46 bits per heavy atom. The molecule has 0 saturated carbocycles. The molecule has 1 aliphatic rings. The molecule has 2 N–H and O–H groups in total. The Labute approximate surface area is 138 Å². The number of carbonyl (C=O) groups is 1. The van der Waals surface area contributed by atoms with Gasteiger partial charge in [-0.15, -0.1) is 0 Å². The van der Waals surface area contributed by atoms with E-state index in [4.69, 9.17) is 9.15 Å². The normalized spacial score (nSPS) is 15.8. The van der Waals surface area contributed by atoms with Gasteiger partial charge in [-0.05, 0) is 32.9 Å². The van der Waals surface area contributed by atoms with Gasteiger partial charge >= 0.3 is 0 Å². The predicted molar refractivity (Wildman–Crippen MR) is 83.8 cm³/mol. The van der Waals surface area contributed by atoms with Gasteiger partial charge in [0.15, 0.2) is 5.69 Å². The molecule has 0 aliphatic carbocycles. The second kappa shape index (κ2) is 5.79. The van der Waals surface area contributed by atoms with Gasteiger partial charge in [0.1, 0.15) is 22.9 Å². The first kappa shape index (κ1) is 16.3. The number of aromatic nitrogens is 2. The van der Waals surface area contributed by atoms with Crippen LogP contribution in [0.4, 0.5) is 0 Å². The zero-order valence-electron chi connectivity index (χ0n) is 13.8. The van der Waals surface area contributed by atoms with Gasteiger partial charge in [0, 0.05) is 0 Å². The molecule has 128 valence electrons. The monoisotopic (exact) mass is 333 g/mol. The minimum atomic E-state index is -0.821. The maximum atomic E-state index is 12.3. The molecule has 3 rings (SSSR count). The van der Waals surface area contributed by atoms with Crippen LogP contribution in [-0.4, -0.2) is 27.2 Å². The van der Waals surface area contributed by atoms with Gasteiger partial charge in [0.05, 0.1) is 19.7 Å². The van der Waals surface area contributed by atoms with E-state index in [1.807, 2.05) is 0 Å². The highest BCUT2D eigenvalue weighted by atomic mass is 16.5. The summed E-state index contributed by atoms with van der Waals surface area (Å²) in [6.45, 7) is 6.07. The van der Waals surface area contributed by atoms with Crippen molar-refractivity contribution in [3.05, 3.63) is 45.5 Å². The minimum Gasteiger partial charge on any atom is -0.501 e. The lowest BCUT2D eigenvalue weighted by Gasteiger charge is -2.32. The van der Waals surface area contributed by atoms with Gasteiger partial charge in [-0.3, -0.25) is 14.2 Å². The summed E-state index contributed by atoms with van der Waals surface area (Å²) in [5.41, 5.74) is -1.78. The van der Waals surface area contributed by atoms with Crippen molar-refractivity contribution in [2.24, 2.45) is 0 Å². The van der Waals surface area contributed by atoms with E-state index in [1.165, 1.54) is 4.57 Å². The molecule has 0 aromatic carbocycles. The third-order valence-electron chi connectivity index (χ3n) is 3.90. The van der Waals surface area contributed by atoms with Crippen molar-refractivity contribution in [2.75, 3.05) is 6.61 Å². The quantitative estimate of drug-likeness (QED) is 0.869. The Morgan fingerprint density at radius 3 is 2.88 bits per heavy atom. The van der Waals surface area contributed by atoms with Crippen molar-refractivity contribution < 1.29 is 19.1 Å². The minimum absolute atomic E-state index is 0.131. The van der Waals surface area contributed by atoms with Gasteiger partial charge < -0.3 is 19.6 Å². The summed E-state index contributed by atoms with van der Waals surface area (Å²) < 4.78 is 12.3. The van der Waals surface area contributed by atoms with Crippen molar-refractivity contribution >= 4 is 5.91 Å². The molecule has 0 bridgehead atoms. The van der Waals surface area contributed by atoms with E-state index in [1.54, 1.807) is 32.9 Å². The highest BCUT2D eigenvalue weighted by molar-refractivity contribution is 5.94. The van der Waals surface area contributed by atoms with Crippen molar-refractivity contribution in [1.82, 2.24) is 14.9 Å². The molecule has 24 heavy (non-hydrogen) atoms. The number of carbonyl (C=O) groups excluding carboxylic acids is 1. The van der Waals surface area contributed by atoms with Crippen molar-refractivity contribution in [3.8, 4) is 5.75 Å². The number of aromatic hydroxyl groups is 1. The summed E-state index contributed by atoms with van der Waals surface area (Å²) >= 11 is 0. The zero-order valence-corrected chi connectivity index (χ0v) is 13.8. The first-order valence-corrected chi connectivity index (χ1v) is 7.61. The van der Waals surface area contributed by atoms with Gasteiger partial charge in [-0.25, -0.2) is 4.98 Å². The molecule has 0 unspecified atom stereocenters. The average molecular weight is 333 g/mol. The number of nitrogens with zero attached hydrogens (tertiary/aromatic N) is 2. The van der Waals surface area contributed by atoms with Crippen LogP contribution in [0.1, 0.15) is 41.7 Å². The standard InChI is InChI=1S/C16H19N3O5/c1-9-4-5-10(24-9)8-17-13(21)11-12(20)14(22)19-6-7-23-16(2,3)15(19)18-11/h4-5,20H,6-8H2,1-3H3,(H,17,21). The summed E-state index contributed by atoms with van der Waals surface area (Å²) in [6.07, 6.45) is 0. The molecule has 2 aromatic heterocycles. The van der Waals surface area contributed by atoms with Crippen LogP contribution in [0.25, 0.3) is 0 Å². The molecule has 0 radical (unpaired) electrons. The summed E-state index contributed by atoms with van der Waals surface area (Å²) in [7, 11) is 0. The number of rotatable bonds is 3. The second-order valence-electron chi connectivity index (χ2n) is 6.14. The van der Waals surface area contributed by atoms with Crippen LogP contribution in [0.5, 0.6) is 5.75 Å². The third-order valence-corrected chi connectivity index (χ3v) is 3.90. The van der Waals surface area contributed by atoms with Gasteiger partial charge in [-0.1, -0.05) is 0 Å². The molecule has 8 nitrogen and oxygen atoms in total. The molecule has 1 amide bonds. The first-order valence-electron chi connectivity index (χ1n) is 7.61. The highest BCUT2D eigenvalue weighted by Gasteiger charge is 2.34. The van der Waals surface area contributed by atoms with Gasteiger partial charge in [-0.2, -0.15) is 0 Å². The first-order chi connectivity index (χ1) is 11.3. The Bertz CT molecular complexity index is 850. The fraction of sp³-hybridized carbons (Fsp3) is 0.438. The number of aryl methyl sites for hydroxylation is 1. The highest BCUT2D eigenvalue weighted by Crippen LogP contribution is 2.27. The Hall–Kier alpha value is -2.61. The number of amides is 1. The van der Waals surface area contributed by atoms with Crippen molar-refractivity contribution in [2.45, 2.75) is 39.5 Å². The van der Waals surface area contributed by atoms with E-state index in [9.17, 15) is 14.7 Å². The lowest BCUT2D eigenvalue weighted by atomic mass is 10.1. The summed E-state index contributed by atoms with van der Waals surface area (Å²) in [5.74, 6) is 0.299. The SMILES string of the molecule is Cc1ccc(CNC(=O)c2nc3n(c(=O)c2O)CCOC3(C)C)o1. The van der Waals surface area contributed by atoms with E-state index in [-0.39, 0.29) is 18.8 Å². The topological polar surface area (TPSA) is 107 Å². The molecule has 0 atom stereocenters. The van der Waals surface area contributed by atoms with E-state index in [0.29, 0.717) is 18.2 Å². The predicted octanol–water partition coefficient (Wildman–Crippen LogP) is 1.05. The van der Waals surface area contributed by atoms with Crippen molar-refractivity contribution in [1.29, 1.82) is 0 Å². The molecular weight excluding hydrogens is 314 g/mol. The molecule has 2 aromatic rings. The molecule has 0 fully saturated rings. The third kappa shape index (κ3) is 2.80. The van der Waals surface area contributed by atoms with Gasteiger partial charge in [0.25, 0.3) is 11.5 Å². The van der Waals surface area contributed by atoms with Crippen molar-refractivity contribution in [3.63, 3.8) is 0 Å². The largest absolute Gasteiger partial charge is 0.501 e. The average Bonchev–Trinajstić information content (AvgIpc) is 2.94. The molecule has 1 aliphatic heterocycles. The lowest BCUT2D eigenvalue weighted by molar-refractivity contribution is -0.0566. The Kier molecular flexibility index (Phi) is 3.92. The molecule has 8 heteroatoms. The number of ether oxygens (including phenoxy) is 1. The Balaban J connectivity index is 1.91. The number of nitrogens with one attached hydrogen (secondary N) is 1. The van der Waals surface area contributed by atoms with Crippen LogP contribution >= 0.6 is 0 Å². The molecule has 3 heterocycles. The van der Waals surface area contributed by atoms with E-state index < -0.39 is 22.8 Å². The number of fused-ring (bicyclic) bond motifs is 1. The van der Waals surface area contributed by atoms with Crippen LogP contribution in [0.15, 0.2) is 21.3 Å².